The molecule has 1 aromatic carbocycles. The van der Waals surface area contributed by atoms with E-state index < -0.39 is 5.60 Å². The number of anilines is 1. The first kappa shape index (κ1) is 19.2. The van der Waals surface area contributed by atoms with E-state index in [1.165, 1.54) is 0 Å². The zero-order valence-corrected chi connectivity index (χ0v) is 17.7. The Labute approximate surface area is 166 Å². The maximum atomic E-state index is 12.2. The number of hydrogen-bond acceptors (Lipinski definition) is 5. The first-order chi connectivity index (χ1) is 12.1. The van der Waals surface area contributed by atoms with Crippen molar-refractivity contribution in [1.29, 1.82) is 0 Å². The van der Waals surface area contributed by atoms with Crippen molar-refractivity contribution in [2.45, 2.75) is 33.3 Å². The van der Waals surface area contributed by atoms with E-state index in [2.05, 4.69) is 30.8 Å². The fourth-order valence-electron chi connectivity index (χ4n) is 2.89. The van der Waals surface area contributed by atoms with E-state index in [-0.39, 0.29) is 6.09 Å². The number of nitrogens with zero attached hydrogens (tertiary/aromatic N) is 4. The number of hydrogen-bond donors (Lipinski definition) is 0. The van der Waals surface area contributed by atoms with Gasteiger partial charge in [0.2, 0.25) is 0 Å². The minimum atomic E-state index is -0.486. The van der Waals surface area contributed by atoms with Crippen LogP contribution in [-0.2, 0) is 4.74 Å². The summed E-state index contributed by atoms with van der Waals surface area (Å²) in [4.78, 5) is 25.3. The number of piperazine rings is 1. The second-order valence-corrected chi connectivity index (χ2v) is 8.59. The maximum absolute atomic E-state index is 12.2. The third-order valence-corrected chi connectivity index (χ3v) is 5.26. The molecule has 1 saturated heterocycles. The molecule has 0 N–H and O–H groups in total. The van der Waals surface area contributed by atoms with E-state index in [4.69, 9.17) is 16.3 Å². The second kappa shape index (κ2) is 7.19. The van der Waals surface area contributed by atoms with Gasteiger partial charge in [-0.1, -0.05) is 11.6 Å². The first-order valence-corrected chi connectivity index (χ1v) is 9.67. The largest absolute Gasteiger partial charge is 0.444 e. The molecule has 3 rings (SSSR count). The smallest absolute Gasteiger partial charge is 0.410 e. The predicted octanol–water partition coefficient (Wildman–Crippen LogP) is 4.41. The Morgan fingerprint density at radius 3 is 2.46 bits per heavy atom. The highest BCUT2D eigenvalue weighted by Crippen LogP contribution is 2.32. The van der Waals surface area contributed by atoms with Crippen LogP contribution in [-0.4, -0.2) is 52.7 Å². The van der Waals surface area contributed by atoms with Gasteiger partial charge in [0.1, 0.15) is 17.2 Å². The Morgan fingerprint density at radius 2 is 1.85 bits per heavy atom. The highest BCUT2D eigenvalue weighted by molar-refractivity contribution is 9.10. The number of fused-ring (bicyclic) bond motifs is 1. The molecule has 0 spiro atoms. The summed E-state index contributed by atoms with van der Waals surface area (Å²) < 4.78 is 6.27. The van der Waals surface area contributed by atoms with Gasteiger partial charge in [0.25, 0.3) is 0 Å². The van der Waals surface area contributed by atoms with Gasteiger partial charge in [-0.05, 0) is 55.8 Å². The Morgan fingerprint density at radius 1 is 1.19 bits per heavy atom. The van der Waals surface area contributed by atoms with Gasteiger partial charge < -0.3 is 14.5 Å². The Hall–Kier alpha value is -1.60. The maximum Gasteiger partial charge on any atom is 0.410 e. The van der Waals surface area contributed by atoms with Gasteiger partial charge in [0, 0.05) is 36.0 Å². The zero-order chi connectivity index (χ0) is 19.1. The molecule has 0 unspecified atom stereocenters. The summed E-state index contributed by atoms with van der Waals surface area (Å²) in [5, 5.41) is 1.56. The molecule has 8 heteroatoms. The second-order valence-electron chi connectivity index (χ2n) is 7.33. The SMILES string of the molecule is Cc1nc(N2CCN(C(=O)OC(C)(C)C)CC2)c2cc(Br)c(Cl)cc2n1. The molecule has 1 aromatic heterocycles. The van der Waals surface area contributed by atoms with Gasteiger partial charge in [-0.3, -0.25) is 0 Å². The summed E-state index contributed by atoms with van der Waals surface area (Å²) in [5.74, 6) is 1.56. The summed E-state index contributed by atoms with van der Waals surface area (Å²) in [5.41, 5.74) is 0.329. The Bertz CT molecular complexity index is 845. The number of carbonyl (C=O) groups excluding carboxylic acids is 1. The van der Waals surface area contributed by atoms with Crippen LogP contribution in [0.1, 0.15) is 26.6 Å². The number of aryl methyl sites for hydroxylation is 1. The first-order valence-electron chi connectivity index (χ1n) is 8.50. The molecule has 0 radical (unpaired) electrons. The number of aromatic nitrogens is 2. The van der Waals surface area contributed by atoms with Crippen molar-refractivity contribution >= 4 is 50.3 Å². The molecule has 140 valence electrons. The van der Waals surface area contributed by atoms with Gasteiger partial charge in [0.15, 0.2) is 0 Å². The summed E-state index contributed by atoms with van der Waals surface area (Å²) in [6.45, 7) is 10.0. The van der Waals surface area contributed by atoms with Gasteiger partial charge >= 0.3 is 6.09 Å². The van der Waals surface area contributed by atoms with Crippen LogP contribution in [0.2, 0.25) is 5.02 Å². The van der Waals surface area contributed by atoms with Gasteiger partial charge in [-0.15, -0.1) is 0 Å². The predicted molar refractivity (Wildman–Crippen MR) is 107 cm³/mol. The molecule has 1 amide bonds. The minimum Gasteiger partial charge on any atom is -0.444 e. The van der Waals surface area contributed by atoms with Crippen LogP contribution in [0.5, 0.6) is 0 Å². The van der Waals surface area contributed by atoms with Crippen molar-refractivity contribution in [2.24, 2.45) is 0 Å². The van der Waals surface area contributed by atoms with Crippen molar-refractivity contribution in [2.75, 3.05) is 31.1 Å². The molecular formula is C18H22BrClN4O2. The lowest BCUT2D eigenvalue weighted by Crippen LogP contribution is -2.50. The fraction of sp³-hybridized carbons (Fsp3) is 0.500. The number of rotatable bonds is 1. The minimum absolute atomic E-state index is 0.268. The lowest BCUT2D eigenvalue weighted by Gasteiger charge is -2.36. The summed E-state index contributed by atoms with van der Waals surface area (Å²) >= 11 is 9.68. The van der Waals surface area contributed by atoms with Crippen LogP contribution in [0.3, 0.4) is 0 Å². The van der Waals surface area contributed by atoms with Gasteiger partial charge in [-0.25, -0.2) is 14.8 Å². The molecule has 6 nitrogen and oxygen atoms in total. The Kier molecular flexibility index (Phi) is 5.30. The quantitative estimate of drug-likeness (QED) is 0.656. The lowest BCUT2D eigenvalue weighted by atomic mass is 10.2. The standard InChI is InChI=1S/C18H22BrClN4O2/c1-11-21-15-10-14(20)13(19)9-12(15)16(22-11)23-5-7-24(8-6-23)17(25)26-18(2,3)4/h9-10H,5-8H2,1-4H3. The molecule has 26 heavy (non-hydrogen) atoms. The van der Waals surface area contributed by atoms with Crippen LogP contribution in [0.15, 0.2) is 16.6 Å². The highest BCUT2D eigenvalue weighted by atomic mass is 79.9. The van der Waals surface area contributed by atoms with E-state index in [0.29, 0.717) is 37.0 Å². The van der Waals surface area contributed by atoms with Crippen LogP contribution >= 0.6 is 27.5 Å². The molecule has 2 heterocycles. The normalized spacial score (nSPS) is 15.5. The number of halogens is 2. The number of carbonyl (C=O) groups is 1. The average molecular weight is 442 g/mol. The van der Waals surface area contributed by atoms with Crippen LogP contribution < -0.4 is 4.90 Å². The molecule has 0 atom stereocenters. The lowest BCUT2D eigenvalue weighted by molar-refractivity contribution is 0.0240. The molecule has 1 fully saturated rings. The summed E-state index contributed by atoms with van der Waals surface area (Å²) in [6.07, 6.45) is -0.268. The van der Waals surface area contributed by atoms with Crippen LogP contribution in [0.25, 0.3) is 10.9 Å². The van der Waals surface area contributed by atoms with Crippen LogP contribution in [0.4, 0.5) is 10.6 Å². The third-order valence-electron chi connectivity index (χ3n) is 4.06. The average Bonchev–Trinajstić information content (AvgIpc) is 2.54. The fourth-order valence-corrected chi connectivity index (χ4v) is 3.39. The Balaban J connectivity index is 1.81. The van der Waals surface area contributed by atoms with Crippen molar-refractivity contribution in [3.63, 3.8) is 0 Å². The van der Waals surface area contributed by atoms with Crippen molar-refractivity contribution < 1.29 is 9.53 Å². The van der Waals surface area contributed by atoms with Crippen molar-refractivity contribution in [1.82, 2.24) is 14.9 Å². The monoisotopic (exact) mass is 440 g/mol. The molecule has 2 aromatic rings. The van der Waals surface area contributed by atoms with Crippen molar-refractivity contribution in [3.05, 3.63) is 27.5 Å². The van der Waals surface area contributed by atoms with E-state index >= 15 is 0 Å². The molecule has 0 saturated carbocycles. The molecular weight excluding hydrogens is 420 g/mol. The summed E-state index contributed by atoms with van der Waals surface area (Å²) in [7, 11) is 0. The number of benzene rings is 1. The summed E-state index contributed by atoms with van der Waals surface area (Å²) in [6, 6.07) is 3.79. The van der Waals surface area contributed by atoms with Crippen molar-refractivity contribution in [3.8, 4) is 0 Å². The third kappa shape index (κ3) is 4.20. The van der Waals surface area contributed by atoms with E-state index in [1.807, 2.05) is 39.8 Å². The highest BCUT2D eigenvalue weighted by Gasteiger charge is 2.27. The molecule has 0 bridgehead atoms. The molecule has 0 aliphatic carbocycles. The van der Waals surface area contributed by atoms with Gasteiger partial charge in [-0.2, -0.15) is 0 Å². The van der Waals surface area contributed by atoms with E-state index in [9.17, 15) is 4.79 Å². The van der Waals surface area contributed by atoms with Crippen LogP contribution in [0, 0.1) is 6.92 Å². The topological polar surface area (TPSA) is 58.6 Å². The van der Waals surface area contributed by atoms with E-state index in [1.54, 1.807) is 4.90 Å². The van der Waals surface area contributed by atoms with E-state index in [0.717, 1.165) is 21.2 Å². The molecule has 1 aliphatic rings. The molecule has 1 aliphatic heterocycles. The zero-order valence-electron chi connectivity index (χ0n) is 15.3. The van der Waals surface area contributed by atoms with Gasteiger partial charge in [0.05, 0.1) is 10.5 Å². The number of ether oxygens (including phenoxy) is 1. The number of amides is 1.